The average Bonchev–Trinajstić information content (AvgIpc) is 3.14. The lowest BCUT2D eigenvalue weighted by atomic mass is 10.00. The highest BCUT2D eigenvalue weighted by Crippen LogP contribution is 2.35. The van der Waals surface area contributed by atoms with Gasteiger partial charge in [-0.25, -0.2) is 0 Å². The molecular formula is C13H18N2O2. The monoisotopic (exact) mass is 234 g/mol. The van der Waals surface area contributed by atoms with Crippen LogP contribution >= 0.6 is 0 Å². The average molecular weight is 234 g/mol. The van der Waals surface area contributed by atoms with Crippen molar-refractivity contribution in [2.75, 3.05) is 0 Å². The maximum absolute atomic E-state index is 12.3. The van der Waals surface area contributed by atoms with Gasteiger partial charge in [-0.1, -0.05) is 12.8 Å². The molecule has 1 aliphatic carbocycles. The molecule has 1 aliphatic heterocycles. The standard InChI is InChI=1S/C13H18N2O2/c1-4-8(3)15-10(5-2)12(16)14-11(13(15)17)9-6-7-9/h1,8-11H,5-7H2,2-3H3,(H,14,16). The van der Waals surface area contributed by atoms with Gasteiger partial charge >= 0.3 is 0 Å². The highest BCUT2D eigenvalue weighted by molar-refractivity contribution is 5.97. The Kier molecular flexibility index (Phi) is 3.10. The molecule has 0 spiro atoms. The lowest BCUT2D eigenvalue weighted by Gasteiger charge is -2.40. The summed E-state index contributed by atoms with van der Waals surface area (Å²) in [5, 5.41) is 2.84. The second kappa shape index (κ2) is 4.40. The van der Waals surface area contributed by atoms with Gasteiger partial charge in [0, 0.05) is 0 Å². The third kappa shape index (κ3) is 2.02. The Bertz CT molecular complexity index is 381. The summed E-state index contributed by atoms with van der Waals surface area (Å²) in [5.41, 5.74) is 0. The number of nitrogens with one attached hydrogen (secondary N) is 1. The van der Waals surface area contributed by atoms with Crippen LogP contribution < -0.4 is 5.32 Å². The predicted octanol–water partition coefficient (Wildman–Crippen LogP) is 0.524. The van der Waals surface area contributed by atoms with Gasteiger partial charge in [-0.15, -0.1) is 6.42 Å². The fourth-order valence-electron chi connectivity index (χ4n) is 2.42. The summed E-state index contributed by atoms with van der Waals surface area (Å²) in [7, 11) is 0. The quantitative estimate of drug-likeness (QED) is 0.724. The molecule has 4 nitrogen and oxygen atoms in total. The molecule has 2 fully saturated rings. The van der Waals surface area contributed by atoms with Gasteiger partial charge in [0.1, 0.15) is 12.1 Å². The molecule has 2 aliphatic rings. The molecule has 1 saturated heterocycles. The molecule has 2 rings (SSSR count). The van der Waals surface area contributed by atoms with Crippen molar-refractivity contribution in [2.24, 2.45) is 5.92 Å². The lowest BCUT2D eigenvalue weighted by Crippen LogP contribution is -2.65. The molecule has 1 N–H and O–H groups in total. The van der Waals surface area contributed by atoms with Crippen LogP contribution in [0.4, 0.5) is 0 Å². The van der Waals surface area contributed by atoms with Gasteiger partial charge in [0.25, 0.3) is 0 Å². The second-order valence-electron chi connectivity index (χ2n) is 4.84. The number of amides is 2. The molecule has 0 aromatic heterocycles. The highest BCUT2D eigenvalue weighted by Gasteiger charge is 2.47. The van der Waals surface area contributed by atoms with E-state index in [2.05, 4.69) is 11.2 Å². The van der Waals surface area contributed by atoms with Gasteiger partial charge in [-0.3, -0.25) is 9.59 Å². The van der Waals surface area contributed by atoms with E-state index in [-0.39, 0.29) is 23.9 Å². The zero-order chi connectivity index (χ0) is 12.6. The van der Waals surface area contributed by atoms with Crippen LogP contribution in [0.5, 0.6) is 0 Å². The van der Waals surface area contributed by atoms with Gasteiger partial charge in [-0.2, -0.15) is 0 Å². The summed E-state index contributed by atoms with van der Waals surface area (Å²) in [4.78, 5) is 25.9. The van der Waals surface area contributed by atoms with E-state index in [9.17, 15) is 9.59 Å². The molecule has 0 aromatic carbocycles. The third-order valence-corrected chi connectivity index (χ3v) is 3.60. The van der Waals surface area contributed by atoms with Crippen LogP contribution in [0, 0.1) is 18.3 Å². The molecule has 17 heavy (non-hydrogen) atoms. The fraction of sp³-hybridized carbons (Fsp3) is 0.692. The first-order chi connectivity index (χ1) is 8.10. The molecule has 3 unspecified atom stereocenters. The van der Waals surface area contributed by atoms with Crippen molar-refractivity contribution in [3.05, 3.63) is 0 Å². The molecule has 92 valence electrons. The number of rotatable bonds is 3. The van der Waals surface area contributed by atoms with Gasteiger partial charge in [0.2, 0.25) is 11.8 Å². The number of terminal acetylenes is 1. The second-order valence-corrected chi connectivity index (χ2v) is 4.84. The zero-order valence-corrected chi connectivity index (χ0v) is 10.3. The Hall–Kier alpha value is -1.50. The molecule has 1 heterocycles. The molecule has 0 bridgehead atoms. The molecule has 2 amide bonds. The minimum atomic E-state index is -0.413. The number of hydrogen-bond acceptors (Lipinski definition) is 2. The maximum atomic E-state index is 12.3. The third-order valence-electron chi connectivity index (χ3n) is 3.60. The van der Waals surface area contributed by atoms with E-state index in [1.54, 1.807) is 11.8 Å². The summed E-state index contributed by atoms with van der Waals surface area (Å²) < 4.78 is 0. The Labute approximate surface area is 102 Å². The number of nitrogens with zero attached hydrogens (tertiary/aromatic N) is 1. The van der Waals surface area contributed by atoms with E-state index >= 15 is 0 Å². The molecule has 1 saturated carbocycles. The predicted molar refractivity (Wildman–Crippen MR) is 63.9 cm³/mol. The number of hydrogen-bond donors (Lipinski definition) is 1. The van der Waals surface area contributed by atoms with Gasteiger partial charge in [0.05, 0.1) is 6.04 Å². The van der Waals surface area contributed by atoms with Crippen LogP contribution in [0.2, 0.25) is 0 Å². The van der Waals surface area contributed by atoms with Crippen LogP contribution in [-0.2, 0) is 9.59 Å². The molecule has 3 atom stereocenters. The largest absolute Gasteiger partial charge is 0.342 e. The van der Waals surface area contributed by atoms with E-state index in [1.165, 1.54) is 0 Å². The van der Waals surface area contributed by atoms with E-state index in [1.807, 2.05) is 6.92 Å². The van der Waals surface area contributed by atoms with Crippen LogP contribution in [0.1, 0.15) is 33.1 Å². The maximum Gasteiger partial charge on any atom is 0.247 e. The molecular weight excluding hydrogens is 216 g/mol. The van der Waals surface area contributed by atoms with Crippen LogP contribution in [0.3, 0.4) is 0 Å². The smallest absolute Gasteiger partial charge is 0.247 e. The lowest BCUT2D eigenvalue weighted by molar-refractivity contribution is -0.151. The van der Waals surface area contributed by atoms with E-state index in [4.69, 9.17) is 6.42 Å². The summed E-state index contributed by atoms with van der Waals surface area (Å²) in [6.45, 7) is 3.69. The van der Waals surface area contributed by atoms with Crippen molar-refractivity contribution >= 4 is 11.8 Å². The number of carbonyl (C=O) groups is 2. The summed E-state index contributed by atoms with van der Waals surface area (Å²) >= 11 is 0. The Morgan fingerprint density at radius 2 is 2.18 bits per heavy atom. The highest BCUT2D eigenvalue weighted by atomic mass is 16.2. The SMILES string of the molecule is C#CC(C)N1C(=O)C(C2CC2)NC(=O)C1CC. The van der Waals surface area contributed by atoms with Crippen molar-refractivity contribution in [1.29, 1.82) is 0 Å². The van der Waals surface area contributed by atoms with E-state index in [0.717, 1.165) is 12.8 Å². The molecule has 4 heteroatoms. The van der Waals surface area contributed by atoms with Crippen LogP contribution in [-0.4, -0.2) is 34.8 Å². The van der Waals surface area contributed by atoms with Crippen molar-refractivity contribution in [2.45, 2.75) is 51.2 Å². The minimum absolute atomic E-state index is 0.00981. The van der Waals surface area contributed by atoms with Gasteiger partial charge in [-0.05, 0) is 32.1 Å². The van der Waals surface area contributed by atoms with Crippen LogP contribution in [0.25, 0.3) is 0 Å². The first-order valence-corrected chi connectivity index (χ1v) is 6.18. The van der Waals surface area contributed by atoms with E-state index in [0.29, 0.717) is 12.3 Å². The Morgan fingerprint density at radius 1 is 1.53 bits per heavy atom. The summed E-state index contributed by atoms with van der Waals surface area (Å²) in [6.07, 6.45) is 8.03. The van der Waals surface area contributed by atoms with Gasteiger partial charge in [0.15, 0.2) is 0 Å². The first-order valence-electron chi connectivity index (χ1n) is 6.18. The topological polar surface area (TPSA) is 49.4 Å². The van der Waals surface area contributed by atoms with Gasteiger partial charge < -0.3 is 10.2 Å². The molecule has 0 radical (unpaired) electrons. The summed E-state index contributed by atoms with van der Waals surface area (Å²) in [6, 6.07) is -1.08. The molecule has 0 aromatic rings. The first kappa shape index (κ1) is 12.0. The number of piperazine rings is 1. The van der Waals surface area contributed by atoms with Crippen molar-refractivity contribution in [3.8, 4) is 12.3 Å². The van der Waals surface area contributed by atoms with Crippen molar-refractivity contribution < 1.29 is 9.59 Å². The summed E-state index contributed by atoms with van der Waals surface area (Å²) in [5.74, 6) is 2.80. The fourth-order valence-corrected chi connectivity index (χ4v) is 2.42. The normalized spacial score (nSPS) is 30.8. The number of carbonyl (C=O) groups excluding carboxylic acids is 2. The van der Waals surface area contributed by atoms with Crippen molar-refractivity contribution in [3.63, 3.8) is 0 Å². The van der Waals surface area contributed by atoms with E-state index < -0.39 is 6.04 Å². The Morgan fingerprint density at radius 3 is 2.65 bits per heavy atom. The van der Waals surface area contributed by atoms with Crippen LogP contribution in [0.15, 0.2) is 0 Å². The Balaban J connectivity index is 2.25. The minimum Gasteiger partial charge on any atom is -0.342 e. The van der Waals surface area contributed by atoms with Crippen molar-refractivity contribution in [1.82, 2.24) is 10.2 Å². The zero-order valence-electron chi connectivity index (χ0n) is 10.3.